The molecule has 53 heavy (non-hydrogen) atoms. The van der Waals surface area contributed by atoms with E-state index in [9.17, 15) is 54.0 Å². The van der Waals surface area contributed by atoms with Crippen molar-refractivity contribution in [2.75, 3.05) is 18.9 Å². The summed E-state index contributed by atoms with van der Waals surface area (Å²) in [6, 6.07) is 3.25. The predicted molar refractivity (Wildman–Crippen MR) is 172 cm³/mol. The third kappa shape index (κ3) is 7.91. The van der Waals surface area contributed by atoms with E-state index < -0.39 is 102 Å². The first-order chi connectivity index (χ1) is 25.7. The van der Waals surface area contributed by atoms with Crippen LogP contribution in [0.1, 0.15) is 20.1 Å². The minimum Gasteiger partial charge on any atom is -0.756 e. The summed E-state index contributed by atoms with van der Waals surface area (Å²) in [5, 5.41) is 53.0. The number of hydrogen-bond acceptors (Lipinski definition) is 21. The van der Waals surface area contributed by atoms with Gasteiger partial charge in [0.15, 0.2) is 29.2 Å². The molecule has 286 valence electrons. The molecule has 26 heteroatoms. The van der Waals surface area contributed by atoms with E-state index in [0.29, 0.717) is 0 Å². The molecule has 5 heterocycles. The topological polar surface area (TPSA) is 369 Å². The first-order valence-corrected chi connectivity index (χ1v) is 18.2. The Hall–Kier alpha value is -4.13. The van der Waals surface area contributed by atoms with Crippen LogP contribution in [-0.4, -0.2) is 114 Å². The molecular weight excluding hydrogens is 752 g/mol. The molecule has 0 aliphatic carbocycles. The number of anilines is 1. The normalized spacial score (nSPS) is 23.8. The number of rotatable bonds is 13. The number of benzene rings is 1. The fraction of sp³-hybridized carbons (Fsp3) is 0.444. The lowest BCUT2D eigenvalue weighted by Crippen LogP contribution is -2.43. The van der Waals surface area contributed by atoms with Gasteiger partial charge in [-0.25, -0.2) is 29.0 Å². The van der Waals surface area contributed by atoms with Crippen molar-refractivity contribution in [2.45, 2.75) is 63.2 Å². The number of aliphatic hydroxyl groups is 5. The molecule has 6 rings (SSSR count). The number of aromatic amines is 1. The summed E-state index contributed by atoms with van der Waals surface area (Å²) in [5.74, 6) is -0.542. The van der Waals surface area contributed by atoms with E-state index >= 15 is 0 Å². The van der Waals surface area contributed by atoms with Gasteiger partial charge in [0, 0.05) is 0 Å². The number of aromatic nitrogens is 8. The van der Waals surface area contributed by atoms with Gasteiger partial charge in [0.1, 0.15) is 51.2 Å². The molecule has 9 atom stereocenters. The molecule has 24 nitrogen and oxygen atoms in total. The minimum absolute atomic E-state index is 0.129. The van der Waals surface area contributed by atoms with Gasteiger partial charge in [-0.15, -0.1) is 0 Å². The standard InChI is InChI=1S/C27H33N9O15P2/c1-10-3-12-13(4-11(10)2)35(24-18(32-12)25(42)34-27(43)33-24)5-14(37)19(39)15(38)6-48-52(44,45)51-53(46,47)49-7-16-20(40)21(41)26(50-16)36-9-31-17-22(28)29-8-30-23(17)36/h3-4,8-9,14-16,19-21,26,37-41H,5-7H2,1-2H3,(H,44,45)(H,46,47)(H2,28,29,30)(H,34,42,43)/p-2/t14-,15+,16+,19-,20?,21?,26+/m0/s1/i8T,9T. The van der Waals surface area contributed by atoms with E-state index in [2.05, 4.69) is 38.3 Å². The number of nitrogens with two attached hydrogens (primary N) is 1. The van der Waals surface area contributed by atoms with Crippen LogP contribution >= 0.6 is 15.6 Å². The number of phosphoric acid groups is 2. The van der Waals surface area contributed by atoms with Gasteiger partial charge in [0.2, 0.25) is 0 Å². The van der Waals surface area contributed by atoms with Crippen LogP contribution < -0.4 is 26.8 Å². The van der Waals surface area contributed by atoms with Crippen LogP contribution in [0.5, 0.6) is 0 Å². The third-order valence-electron chi connectivity index (χ3n) is 8.25. The smallest absolute Gasteiger partial charge is 0.349 e. The van der Waals surface area contributed by atoms with Gasteiger partial charge < -0.3 is 59.4 Å². The number of ether oxygens (including phenoxy) is 1. The van der Waals surface area contributed by atoms with Gasteiger partial charge in [-0.1, -0.05) is 0 Å². The fourth-order valence-corrected chi connectivity index (χ4v) is 7.44. The summed E-state index contributed by atoms with van der Waals surface area (Å²) < 4.78 is 61.0. The monoisotopic (exact) mass is 787 g/mol. The van der Waals surface area contributed by atoms with Crippen molar-refractivity contribution in [1.82, 2.24) is 39.0 Å². The van der Waals surface area contributed by atoms with Crippen LogP contribution in [-0.2, 0) is 33.8 Å². The van der Waals surface area contributed by atoms with Crippen molar-refractivity contribution in [1.29, 1.82) is 0 Å². The maximum atomic E-state index is 12.5. The van der Waals surface area contributed by atoms with E-state index in [0.717, 1.165) is 15.7 Å². The van der Waals surface area contributed by atoms with Gasteiger partial charge in [0.05, 0.1) is 37.1 Å². The highest BCUT2D eigenvalue weighted by atomic mass is 31.3. The average molecular weight is 788 g/mol. The number of aryl methyl sites for hydroxylation is 2. The van der Waals surface area contributed by atoms with E-state index in [-0.39, 0.29) is 39.5 Å². The van der Waals surface area contributed by atoms with Gasteiger partial charge >= 0.3 is 5.69 Å². The van der Waals surface area contributed by atoms with Crippen molar-refractivity contribution >= 4 is 43.7 Å². The molecule has 3 aliphatic heterocycles. The molecule has 0 radical (unpaired) electrons. The van der Waals surface area contributed by atoms with Crippen LogP contribution in [0.25, 0.3) is 33.7 Å². The van der Waals surface area contributed by atoms with Crippen molar-refractivity contribution in [3.63, 3.8) is 0 Å². The van der Waals surface area contributed by atoms with Gasteiger partial charge in [-0.3, -0.25) is 23.5 Å². The number of phosphoric ester groups is 2. The molecule has 0 saturated carbocycles. The summed E-state index contributed by atoms with van der Waals surface area (Å²) in [6.45, 7) is 0.399. The number of H-pyrrole nitrogens is 1. The minimum atomic E-state index is -5.91. The first-order valence-electron chi connectivity index (χ1n) is 16.2. The van der Waals surface area contributed by atoms with Crippen LogP contribution in [0.4, 0.5) is 5.82 Å². The Bertz CT molecular complexity index is 2470. The zero-order chi connectivity index (χ0) is 40.3. The molecule has 1 saturated heterocycles. The highest BCUT2D eigenvalue weighted by Gasteiger charge is 2.45. The molecule has 2 aromatic heterocycles. The quantitative estimate of drug-likeness (QED) is 0.0446. The van der Waals surface area contributed by atoms with Crippen LogP contribution in [0.2, 0.25) is 0 Å². The second-order valence-electron chi connectivity index (χ2n) is 11.9. The molecular formula is C27H31N9O15P2-2. The van der Waals surface area contributed by atoms with Crippen molar-refractivity contribution < 1.29 is 65.3 Å². The van der Waals surface area contributed by atoms with E-state index in [1.807, 2.05) is 4.98 Å². The van der Waals surface area contributed by atoms with Crippen LogP contribution in [0.15, 0.2) is 34.3 Å². The van der Waals surface area contributed by atoms with Gasteiger partial charge in [-0.05, 0) is 37.1 Å². The van der Waals surface area contributed by atoms with E-state index in [4.69, 9.17) is 13.2 Å². The lowest BCUT2D eigenvalue weighted by Gasteiger charge is -2.32. The highest BCUT2D eigenvalue weighted by Crippen LogP contribution is 2.56. The van der Waals surface area contributed by atoms with Gasteiger partial charge in [-0.2, -0.15) is 4.98 Å². The Balaban J connectivity index is 1.08. The first kappa shape index (κ1) is 35.9. The number of nitrogens with zero attached hydrogens (tertiary/aromatic N) is 7. The summed E-state index contributed by atoms with van der Waals surface area (Å²) in [5.41, 5.74) is 5.22. The molecule has 4 unspecified atom stereocenters. The lowest BCUT2D eigenvalue weighted by molar-refractivity contribution is -0.247. The lowest BCUT2D eigenvalue weighted by atomic mass is 10.1. The fourth-order valence-electron chi connectivity index (χ4n) is 5.42. The molecule has 8 N–H and O–H groups in total. The van der Waals surface area contributed by atoms with Crippen molar-refractivity contribution in [2.24, 2.45) is 0 Å². The third-order valence-corrected chi connectivity index (χ3v) is 10.8. The maximum Gasteiger partial charge on any atom is 0.349 e. The second-order valence-corrected chi connectivity index (χ2v) is 14.9. The largest absolute Gasteiger partial charge is 0.756 e. The predicted octanol–water partition coefficient (Wildman–Crippen LogP) is -3.69. The number of fused-ring (bicyclic) bond motifs is 3. The Kier molecular flexibility index (Phi) is 9.88. The Morgan fingerprint density at radius 2 is 1.74 bits per heavy atom. The summed E-state index contributed by atoms with van der Waals surface area (Å²) in [7, 11) is -11.8. The van der Waals surface area contributed by atoms with Crippen molar-refractivity contribution in [3.8, 4) is 11.5 Å². The Morgan fingerprint density at radius 3 is 2.47 bits per heavy atom. The van der Waals surface area contributed by atoms with Crippen LogP contribution in [0.3, 0.4) is 0 Å². The van der Waals surface area contributed by atoms with E-state index in [1.54, 1.807) is 26.0 Å². The number of aliphatic hydroxyl groups excluding tert-OH is 5. The zero-order valence-corrected chi connectivity index (χ0v) is 29.0. The zero-order valence-electron chi connectivity index (χ0n) is 29.2. The molecule has 0 bridgehead atoms. The average Bonchev–Trinajstić information content (AvgIpc) is 3.56. The highest BCUT2D eigenvalue weighted by molar-refractivity contribution is 7.59. The second kappa shape index (κ2) is 14.6. The van der Waals surface area contributed by atoms with E-state index in [1.165, 1.54) is 4.57 Å². The number of nitrogens with one attached hydrogen (secondary N) is 1. The summed E-state index contributed by atoms with van der Waals surface area (Å²) in [4.78, 5) is 70.6. The van der Waals surface area contributed by atoms with Crippen molar-refractivity contribution in [3.05, 3.63) is 56.7 Å². The maximum absolute atomic E-state index is 12.5. The molecule has 3 aromatic rings. The number of imidazole rings is 1. The molecule has 0 amide bonds. The summed E-state index contributed by atoms with van der Waals surface area (Å²) in [6.07, 6.45) is -14.6. The SMILES string of the molecule is [3H]c1nc(N)c2nc([3H])n([C@@H]3O[C@H](COP(=O)([O-])OP(=O)([O-])OC[C@@H](O)[C@@H](O)[C@@H](O)Cn4c5nc(=O)[nH]c(=O)c-5nc5cc(C)c(C)cc54)C(O)C3O)c2n1. The Morgan fingerprint density at radius 1 is 1.04 bits per heavy atom. The number of nitrogen functional groups attached to an aromatic ring is 1. The Labute approximate surface area is 298 Å². The molecule has 1 aromatic carbocycles. The van der Waals surface area contributed by atoms with Gasteiger partial charge in [0.25, 0.3) is 21.2 Å². The summed E-state index contributed by atoms with van der Waals surface area (Å²) >= 11 is 0. The molecule has 3 aliphatic rings. The molecule has 0 spiro atoms. The molecule has 1 fully saturated rings. The van der Waals surface area contributed by atoms with Crippen LogP contribution in [0, 0.1) is 13.8 Å². The number of hydrogen-bond donors (Lipinski definition) is 7.